The Labute approximate surface area is 93.5 Å². The van der Waals surface area contributed by atoms with Crippen molar-refractivity contribution < 1.29 is 14.3 Å². The minimum atomic E-state index is -0.0150. The number of methoxy groups -OCH3 is 1. The van der Waals surface area contributed by atoms with Crippen LogP contribution in [-0.2, 0) is 6.61 Å². The summed E-state index contributed by atoms with van der Waals surface area (Å²) in [4.78, 5) is 4.09. The van der Waals surface area contributed by atoms with Crippen molar-refractivity contribution in [1.29, 1.82) is 0 Å². The first-order chi connectivity index (χ1) is 7.74. The molecule has 4 heteroatoms. The van der Waals surface area contributed by atoms with Gasteiger partial charge in [-0.15, -0.1) is 0 Å². The number of furan rings is 1. The van der Waals surface area contributed by atoms with Gasteiger partial charge in [-0.25, -0.2) is 4.98 Å². The molecule has 0 aliphatic rings. The number of pyridine rings is 1. The highest BCUT2D eigenvalue weighted by Gasteiger charge is 2.08. The molecule has 84 valence electrons. The second-order valence-electron chi connectivity index (χ2n) is 3.44. The molecule has 0 aliphatic heterocycles. The quantitative estimate of drug-likeness (QED) is 0.859. The van der Waals surface area contributed by atoms with Crippen LogP contribution in [0.2, 0.25) is 0 Å². The summed E-state index contributed by atoms with van der Waals surface area (Å²) < 4.78 is 10.5. The van der Waals surface area contributed by atoms with Crippen LogP contribution in [0.25, 0.3) is 11.3 Å². The molecular formula is C12H13NO3. The largest absolute Gasteiger partial charge is 0.481 e. The first-order valence-corrected chi connectivity index (χ1v) is 4.95. The van der Waals surface area contributed by atoms with Crippen molar-refractivity contribution in [3.63, 3.8) is 0 Å². The van der Waals surface area contributed by atoms with Crippen LogP contribution < -0.4 is 4.74 Å². The third-order valence-electron chi connectivity index (χ3n) is 2.42. The second-order valence-corrected chi connectivity index (χ2v) is 3.44. The molecular weight excluding hydrogens is 206 g/mol. The van der Waals surface area contributed by atoms with Gasteiger partial charge in [0.1, 0.15) is 11.5 Å². The molecule has 0 saturated carbocycles. The fourth-order valence-corrected chi connectivity index (χ4v) is 1.47. The maximum absolute atomic E-state index is 9.07. The standard InChI is InChI=1S/C12H13NO3/c1-8-10(7-14)5-11(16-8)9-3-4-12(15-2)13-6-9/h3-6,14H,7H2,1-2H3. The molecule has 16 heavy (non-hydrogen) atoms. The molecule has 0 saturated heterocycles. The molecule has 2 rings (SSSR count). The number of aryl methyl sites for hydroxylation is 1. The number of aromatic nitrogens is 1. The molecule has 0 aromatic carbocycles. The van der Waals surface area contributed by atoms with E-state index in [1.807, 2.05) is 19.1 Å². The van der Waals surface area contributed by atoms with E-state index in [0.717, 1.165) is 16.9 Å². The van der Waals surface area contributed by atoms with Gasteiger partial charge in [0.2, 0.25) is 5.88 Å². The van der Waals surface area contributed by atoms with Crippen LogP contribution in [0.15, 0.2) is 28.8 Å². The van der Waals surface area contributed by atoms with E-state index in [9.17, 15) is 0 Å². The van der Waals surface area contributed by atoms with E-state index < -0.39 is 0 Å². The average Bonchev–Trinajstić information content (AvgIpc) is 2.71. The summed E-state index contributed by atoms with van der Waals surface area (Å²) in [5.41, 5.74) is 1.66. The van der Waals surface area contributed by atoms with Gasteiger partial charge in [-0.05, 0) is 19.1 Å². The molecule has 2 heterocycles. The summed E-state index contributed by atoms with van der Waals surface area (Å²) in [6, 6.07) is 5.45. The number of hydrogen-bond acceptors (Lipinski definition) is 4. The molecule has 2 aromatic rings. The van der Waals surface area contributed by atoms with E-state index in [-0.39, 0.29) is 6.61 Å². The summed E-state index contributed by atoms with van der Waals surface area (Å²) in [5, 5.41) is 9.07. The van der Waals surface area contributed by atoms with Gasteiger partial charge >= 0.3 is 0 Å². The molecule has 0 amide bonds. The molecule has 1 N–H and O–H groups in total. The van der Waals surface area contributed by atoms with Crippen LogP contribution in [0.5, 0.6) is 5.88 Å². The summed E-state index contributed by atoms with van der Waals surface area (Å²) >= 11 is 0. The normalized spacial score (nSPS) is 10.4. The highest BCUT2D eigenvalue weighted by Crippen LogP contribution is 2.25. The monoisotopic (exact) mass is 219 g/mol. The lowest BCUT2D eigenvalue weighted by Crippen LogP contribution is -1.86. The summed E-state index contributed by atoms with van der Waals surface area (Å²) in [5.74, 6) is 2.00. The number of ether oxygens (including phenoxy) is 1. The first-order valence-electron chi connectivity index (χ1n) is 4.95. The topological polar surface area (TPSA) is 55.5 Å². The van der Waals surface area contributed by atoms with Crippen LogP contribution in [0.3, 0.4) is 0 Å². The molecule has 4 nitrogen and oxygen atoms in total. The Morgan fingerprint density at radius 1 is 1.44 bits per heavy atom. The summed E-state index contributed by atoms with van der Waals surface area (Å²) in [6.07, 6.45) is 1.68. The van der Waals surface area contributed by atoms with Crippen LogP contribution in [0.1, 0.15) is 11.3 Å². The highest BCUT2D eigenvalue weighted by atomic mass is 16.5. The molecule has 0 spiro atoms. The lowest BCUT2D eigenvalue weighted by atomic mass is 10.2. The maximum atomic E-state index is 9.07. The van der Waals surface area contributed by atoms with E-state index in [1.54, 1.807) is 19.4 Å². The van der Waals surface area contributed by atoms with Crippen molar-refractivity contribution in [2.75, 3.05) is 7.11 Å². The van der Waals surface area contributed by atoms with Crippen LogP contribution in [0.4, 0.5) is 0 Å². The second kappa shape index (κ2) is 4.37. The minimum absolute atomic E-state index is 0.0150. The van der Waals surface area contributed by atoms with Gasteiger partial charge in [-0.3, -0.25) is 0 Å². The Morgan fingerprint density at radius 2 is 2.25 bits per heavy atom. The average molecular weight is 219 g/mol. The van der Waals surface area contributed by atoms with Gasteiger partial charge in [0.25, 0.3) is 0 Å². The van der Waals surface area contributed by atoms with E-state index in [2.05, 4.69) is 4.98 Å². The lowest BCUT2D eigenvalue weighted by molar-refractivity contribution is 0.279. The third kappa shape index (κ3) is 1.92. The Kier molecular flexibility index (Phi) is 2.92. The zero-order valence-corrected chi connectivity index (χ0v) is 9.23. The van der Waals surface area contributed by atoms with Gasteiger partial charge in [-0.2, -0.15) is 0 Å². The third-order valence-corrected chi connectivity index (χ3v) is 2.42. The van der Waals surface area contributed by atoms with Crippen LogP contribution >= 0.6 is 0 Å². The lowest BCUT2D eigenvalue weighted by Gasteiger charge is -1.99. The van der Waals surface area contributed by atoms with Gasteiger partial charge < -0.3 is 14.3 Å². The Hall–Kier alpha value is -1.81. The SMILES string of the molecule is COc1ccc(-c2cc(CO)c(C)o2)cn1. The van der Waals surface area contributed by atoms with Gasteiger partial charge in [0.05, 0.1) is 13.7 Å². The Morgan fingerprint density at radius 3 is 2.75 bits per heavy atom. The van der Waals surface area contributed by atoms with Crippen LogP contribution in [-0.4, -0.2) is 17.2 Å². The van der Waals surface area contributed by atoms with Crippen molar-refractivity contribution in [3.8, 4) is 17.2 Å². The van der Waals surface area contributed by atoms with E-state index in [4.69, 9.17) is 14.3 Å². The predicted molar refractivity (Wildman–Crippen MR) is 59.2 cm³/mol. The molecule has 0 atom stereocenters. The zero-order valence-electron chi connectivity index (χ0n) is 9.23. The molecule has 0 fully saturated rings. The van der Waals surface area contributed by atoms with E-state index in [1.165, 1.54) is 0 Å². The predicted octanol–water partition coefficient (Wildman–Crippen LogP) is 2.15. The van der Waals surface area contributed by atoms with Gasteiger partial charge in [-0.1, -0.05) is 0 Å². The number of nitrogens with zero attached hydrogens (tertiary/aromatic N) is 1. The van der Waals surface area contributed by atoms with Crippen molar-refractivity contribution >= 4 is 0 Å². The minimum Gasteiger partial charge on any atom is -0.481 e. The number of aliphatic hydroxyl groups is 1. The maximum Gasteiger partial charge on any atom is 0.212 e. The smallest absolute Gasteiger partial charge is 0.212 e. The molecule has 2 aromatic heterocycles. The van der Waals surface area contributed by atoms with Crippen LogP contribution in [0, 0.1) is 6.92 Å². The van der Waals surface area contributed by atoms with Crippen molar-refractivity contribution in [1.82, 2.24) is 4.98 Å². The molecule has 0 radical (unpaired) electrons. The van der Waals surface area contributed by atoms with E-state index >= 15 is 0 Å². The number of rotatable bonds is 3. The first kappa shape index (κ1) is 10.7. The van der Waals surface area contributed by atoms with Gasteiger partial charge in [0.15, 0.2) is 0 Å². The Bertz CT molecular complexity index is 474. The Balaban J connectivity index is 2.34. The van der Waals surface area contributed by atoms with Crippen molar-refractivity contribution in [2.45, 2.75) is 13.5 Å². The number of aliphatic hydroxyl groups excluding tert-OH is 1. The highest BCUT2D eigenvalue weighted by molar-refractivity contribution is 5.58. The fraction of sp³-hybridized carbons (Fsp3) is 0.250. The zero-order chi connectivity index (χ0) is 11.5. The fourth-order valence-electron chi connectivity index (χ4n) is 1.47. The van der Waals surface area contributed by atoms with Crippen molar-refractivity contribution in [3.05, 3.63) is 35.7 Å². The molecule has 0 aliphatic carbocycles. The molecule has 0 unspecified atom stereocenters. The number of hydrogen-bond donors (Lipinski definition) is 1. The molecule has 0 bridgehead atoms. The van der Waals surface area contributed by atoms with Gasteiger partial charge in [0, 0.05) is 23.4 Å². The van der Waals surface area contributed by atoms with E-state index in [0.29, 0.717) is 11.6 Å². The van der Waals surface area contributed by atoms with Crippen molar-refractivity contribution in [2.24, 2.45) is 0 Å². The summed E-state index contributed by atoms with van der Waals surface area (Å²) in [6.45, 7) is 1.81. The summed E-state index contributed by atoms with van der Waals surface area (Å²) in [7, 11) is 1.57.